The Labute approximate surface area is 81.9 Å². The summed E-state index contributed by atoms with van der Waals surface area (Å²) in [5, 5.41) is 19.6. The molecule has 3 aliphatic carbocycles. The number of carbonyl (C=O) groups excluding carboxylic acids is 1. The van der Waals surface area contributed by atoms with Crippen LogP contribution in [-0.2, 0) is 9.53 Å². The lowest BCUT2D eigenvalue weighted by Gasteiger charge is -2.29. The first kappa shape index (κ1) is 8.68. The molecule has 4 heteroatoms. The smallest absolute Gasteiger partial charge is 0.314 e. The van der Waals surface area contributed by atoms with E-state index < -0.39 is 17.6 Å². The minimum Gasteiger partial charge on any atom is -0.469 e. The Balaban J connectivity index is 1.92. The highest BCUT2D eigenvalue weighted by atomic mass is 16.5. The van der Waals surface area contributed by atoms with Crippen LogP contribution in [0.4, 0.5) is 0 Å². The third-order valence-electron chi connectivity index (χ3n) is 4.32. The van der Waals surface area contributed by atoms with Crippen LogP contribution in [0.5, 0.6) is 0 Å². The molecule has 0 aliphatic heterocycles. The molecule has 0 amide bonds. The predicted octanol–water partition coefficient (Wildman–Crippen LogP) is -0.463. The average Bonchev–Trinajstić information content (AvgIpc) is 3.01. The summed E-state index contributed by atoms with van der Waals surface area (Å²) in [4.78, 5) is 11.6. The Morgan fingerprint density at radius 2 is 2.14 bits per heavy atom. The van der Waals surface area contributed by atoms with Gasteiger partial charge in [0.15, 0.2) is 0 Å². The second-order valence-electron chi connectivity index (χ2n) is 4.84. The summed E-state index contributed by atoms with van der Waals surface area (Å²) in [5.74, 6) is 0.598. The Bertz CT molecular complexity index is 302. The molecule has 0 spiro atoms. The fourth-order valence-electron chi connectivity index (χ4n) is 3.35. The van der Waals surface area contributed by atoms with E-state index in [1.807, 2.05) is 0 Å². The van der Waals surface area contributed by atoms with Crippen LogP contribution in [0.1, 0.15) is 12.8 Å². The summed E-state index contributed by atoms with van der Waals surface area (Å²) in [6.45, 7) is 0. The minimum absolute atomic E-state index is 0.232. The van der Waals surface area contributed by atoms with Crippen molar-refractivity contribution in [2.45, 2.75) is 25.0 Å². The molecule has 0 aromatic rings. The van der Waals surface area contributed by atoms with E-state index in [-0.39, 0.29) is 17.8 Å². The van der Waals surface area contributed by atoms with E-state index in [1.165, 1.54) is 7.11 Å². The van der Waals surface area contributed by atoms with Crippen LogP contribution in [0.2, 0.25) is 0 Å². The summed E-state index contributed by atoms with van der Waals surface area (Å²) in [5.41, 5.74) is -0.758. The molecule has 3 saturated carbocycles. The standard InChI is InChI=1S/C10H14O4/c1-14-9(13)10-3-6(10)4-2-5(4)7(11)8(10)12/h4-8,11-12H,2-3H2,1H3/t4-,5+,6+,7-,8+,10-/m0/s1. The molecule has 0 aromatic heterocycles. The summed E-state index contributed by atoms with van der Waals surface area (Å²) in [6.07, 6.45) is 0.0160. The first-order chi connectivity index (χ1) is 6.63. The SMILES string of the molecule is COC(=O)[C@@]12C[C@@H]1[C@H]1C[C@H]1[C@H](O)[C@H]2O. The second kappa shape index (κ2) is 2.31. The fourth-order valence-corrected chi connectivity index (χ4v) is 3.35. The van der Waals surface area contributed by atoms with Crippen molar-refractivity contribution in [1.82, 2.24) is 0 Å². The second-order valence-corrected chi connectivity index (χ2v) is 4.84. The molecule has 0 saturated heterocycles. The number of hydrogen-bond acceptors (Lipinski definition) is 4. The van der Waals surface area contributed by atoms with Gasteiger partial charge in [-0.05, 0) is 30.6 Å². The van der Waals surface area contributed by atoms with Gasteiger partial charge in [0.05, 0.1) is 24.7 Å². The van der Waals surface area contributed by atoms with Gasteiger partial charge in [-0.2, -0.15) is 0 Å². The number of aliphatic hydroxyl groups is 2. The third-order valence-corrected chi connectivity index (χ3v) is 4.32. The molecule has 2 N–H and O–H groups in total. The number of fused-ring (bicyclic) bond motifs is 3. The van der Waals surface area contributed by atoms with Crippen molar-refractivity contribution < 1.29 is 19.7 Å². The van der Waals surface area contributed by atoms with E-state index in [1.54, 1.807) is 0 Å². The number of hydrogen-bond donors (Lipinski definition) is 2. The van der Waals surface area contributed by atoms with Crippen molar-refractivity contribution in [3.63, 3.8) is 0 Å². The van der Waals surface area contributed by atoms with Crippen molar-refractivity contribution in [3.05, 3.63) is 0 Å². The van der Waals surface area contributed by atoms with E-state index in [4.69, 9.17) is 4.74 Å². The van der Waals surface area contributed by atoms with Gasteiger partial charge in [-0.1, -0.05) is 0 Å². The van der Waals surface area contributed by atoms with Gasteiger partial charge in [0, 0.05) is 0 Å². The van der Waals surface area contributed by atoms with Gasteiger partial charge in [0.2, 0.25) is 0 Å². The van der Waals surface area contributed by atoms with Gasteiger partial charge >= 0.3 is 5.97 Å². The molecule has 78 valence electrons. The molecule has 0 heterocycles. The Hall–Kier alpha value is -0.610. The maximum atomic E-state index is 11.6. The van der Waals surface area contributed by atoms with Crippen LogP contribution >= 0.6 is 0 Å². The number of rotatable bonds is 1. The third kappa shape index (κ3) is 0.754. The van der Waals surface area contributed by atoms with E-state index >= 15 is 0 Å². The lowest BCUT2D eigenvalue weighted by atomic mass is 9.83. The van der Waals surface area contributed by atoms with Gasteiger partial charge in [-0.25, -0.2) is 0 Å². The van der Waals surface area contributed by atoms with Gasteiger partial charge in [-0.15, -0.1) is 0 Å². The normalized spacial score (nSPS) is 58.4. The van der Waals surface area contributed by atoms with Crippen molar-refractivity contribution in [2.75, 3.05) is 7.11 Å². The van der Waals surface area contributed by atoms with Crippen LogP contribution < -0.4 is 0 Å². The van der Waals surface area contributed by atoms with Crippen LogP contribution in [-0.4, -0.2) is 35.5 Å². The molecule has 0 radical (unpaired) electrons. The Kier molecular flexibility index (Phi) is 1.43. The summed E-state index contributed by atoms with van der Waals surface area (Å²) in [6, 6.07) is 0. The largest absolute Gasteiger partial charge is 0.469 e. The van der Waals surface area contributed by atoms with Gasteiger partial charge in [-0.3, -0.25) is 4.79 Å². The maximum Gasteiger partial charge on any atom is 0.314 e. The van der Waals surface area contributed by atoms with Crippen LogP contribution in [0.15, 0.2) is 0 Å². The highest BCUT2D eigenvalue weighted by Gasteiger charge is 2.77. The number of aliphatic hydroxyl groups excluding tert-OH is 2. The zero-order valence-electron chi connectivity index (χ0n) is 8.01. The number of ether oxygens (including phenoxy) is 1. The molecular weight excluding hydrogens is 184 g/mol. The quantitative estimate of drug-likeness (QED) is 0.559. The van der Waals surface area contributed by atoms with E-state index in [9.17, 15) is 15.0 Å². The van der Waals surface area contributed by atoms with Crippen LogP contribution in [0.3, 0.4) is 0 Å². The molecule has 14 heavy (non-hydrogen) atoms. The van der Waals surface area contributed by atoms with E-state index in [0.29, 0.717) is 12.3 Å². The van der Waals surface area contributed by atoms with Gasteiger partial charge in [0.1, 0.15) is 0 Å². The summed E-state index contributed by atoms with van der Waals surface area (Å²) >= 11 is 0. The Morgan fingerprint density at radius 1 is 1.43 bits per heavy atom. The number of carbonyl (C=O) groups is 1. The summed E-state index contributed by atoms with van der Waals surface area (Å²) in [7, 11) is 1.34. The molecule has 0 unspecified atom stereocenters. The van der Waals surface area contributed by atoms with Crippen molar-refractivity contribution in [2.24, 2.45) is 23.2 Å². The van der Waals surface area contributed by atoms with Gasteiger partial charge < -0.3 is 14.9 Å². The molecule has 0 bridgehead atoms. The van der Waals surface area contributed by atoms with Crippen molar-refractivity contribution in [1.29, 1.82) is 0 Å². The number of methoxy groups -OCH3 is 1. The zero-order chi connectivity index (χ0) is 10.1. The van der Waals surface area contributed by atoms with Crippen LogP contribution in [0.25, 0.3) is 0 Å². The van der Waals surface area contributed by atoms with Crippen molar-refractivity contribution >= 4 is 5.97 Å². The fraction of sp³-hybridized carbons (Fsp3) is 0.900. The first-order valence-electron chi connectivity index (χ1n) is 5.07. The number of esters is 1. The highest BCUT2D eigenvalue weighted by molar-refractivity contribution is 5.82. The van der Waals surface area contributed by atoms with Crippen LogP contribution in [0, 0.1) is 23.2 Å². The molecule has 0 aromatic carbocycles. The Morgan fingerprint density at radius 3 is 2.79 bits per heavy atom. The average molecular weight is 198 g/mol. The lowest BCUT2D eigenvalue weighted by Crippen LogP contribution is -2.45. The zero-order valence-corrected chi connectivity index (χ0v) is 8.01. The monoisotopic (exact) mass is 198 g/mol. The first-order valence-corrected chi connectivity index (χ1v) is 5.07. The maximum absolute atomic E-state index is 11.6. The molecule has 6 atom stereocenters. The van der Waals surface area contributed by atoms with Gasteiger partial charge in [0.25, 0.3) is 0 Å². The lowest BCUT2D eigenvalue weighted by molar-refractivity contribution is -0.160. The molecule has 3 rings (SSSR count). The topological polar surface area (TPSA) is 66.8 Å². The van der Waals surface area contributed by atoms with E-state index in [0.717, 1.165) is 6.42 Å². The van der Waals surface area contributed by atoms with E-state index in [2.05, 4.69) is 0 Å². The molecule has 4 nitrogen and oxygen atoms in total. The molecule has 3 fully saturated rings. The highest BCUT2D eigenvalue weighted by Crippen LogP contribution is 2.72. The predicted molar refractivity (Wildman–Crippen MR) is 46.2 cm³/mol. The molecule has 3 aliphatic rings. The minimum atomic E-state index is -0.913. The van der Waals surface area contributed by atoms with Crippen molar-refractivity contribution in [3.8, 4) is 0 Å². The molecular formula is C10H14O4. The summed E-state index contributed by atoms with van der Waals surface area (Å²) < 4.78 is 4.71.